The van der Waals surface area contributed by atoms with E-state index >= 15 is 0 Å². The number of pyridine rings is 1. The first-order chi connectivity index (χ1) is 8.29. The highest BCUT2D eigenvalue weighted by Crippen LogP contribution is 2.33. The van der Waals surface area contributed by atoms with Crippen molar-refractivity contribution in [2.45, 2.75) is 25.6 Å². The minimum Gasteiger partial charge on any atom is -0.371 e. The fraction of sp³-hybridized carbons (Fsp3) is 0.615. The number of anilines is 1. The summed E-state index contributed by atoms with van der Waals surface area (Å²) in [6.07, 6.45) is 5.68. The van der Waals surface area contributed by atoms with E-state index in [2.05, 4.69) is 22.9 Å². The van der Waals surface area contributed by atoms with Crippen molar-refractivity contribution in [1.82, 2.24) is 4.98 Å². The van der Waals surface area contributed by atoms with Crippen molar-refractivity contribution >= 4 is 5.69 Å². The standard InChI is InChI=1S/C13H18N2O2/c1-11-10-14-5-2-12(11)15-6-3-13(4-7-15)16-8-9-17-13/h2,5,10H,3-4,6-9H2,1H3. The maximum Gasteiger partial charge on any atom is 0.171 e. The summed E-state index contributed by atoms with van der Waals surface area (Å²) in [5.74, 6) is -0.280. The molecule has 2 fully saturated rings. The number of aryl methyl sites for hydroxylation is 1. The molecular formula is C13H18N2O2. The Morgan fingerprint density at radius 1 is 1.24 bits per heavy atom. The van der Waals surface area contributed by atoms with E-state index in [1.165, 1.54) is 11.3 Å². The molecule has 1 aromatic rings. The third kappa shape index (κ3) is 2.03. The number of aromatic nitrogens is 1. The van der Waals surface area contributed by atoms with Gasteiger partial charge in [-0.05, 0) is 18.6 Å². The van der Waals surface area contributed by atoms with E-state index in [-0.39, 0.29) is 5.79 Å². The molecule has 17 heavy (non-hydrogen) atoms. The monoisotopic (exact) mass is 234 g/mol. The summed E-state index contributed by atoms with van der Waals surface area (Å²) in [5.41, 5.74) is 2.52. The molecule has 0 aromatic carbocycles. The third-order valence-electron chi connectivity index (χ3n) is 3.67. The van der Waals surface area contributed by atoms with Crippen LogP contribution in [-0.2, 0) is 9.47 Å². The molecule has 0 aliphatic carbocycles. The lowest BCUT2D eigenvalue weighted by Crippen LogP contribution is -2.45. The third-order valence-corrected chi connectivity index (χ3v) is 3.67. The number of hydrogen-bond acceptors (Lipinski definition) is 4. The second kappa shape index (κ2) is 4.27. The number of rotatable bonds is 1. The molecule has 0 bridgehead atoms. The number of ether oxygens (including phenoxy) is 2. The quantitative estimate of drug-likeness (QED) is 0.741. The molecule has 3 heterocycles. The second-order valence-electron chi connectivity index (χ2n) is 4.76. The van der Waals surface area contributed by atoms with Crippen LogP contribution in [0.4, 0.5) is 5.69 Å². The molecule has 3 rings (SSSR count). The van der Waals surface area contributed by atoms with Gasteiger partial charge in [0, 0.05) is 44.0 Å². The van der Waals surface area contributed by atoms with Gasteiger partial charge in [0.1, 0.15) is 0 Å². The van der Waals surface area contributed by atoms with Crippen LogP contribution in [0.25, 0.3) is 0 Å². The van der Waals surface area contributed by atoms with Crippen LogP contribution in [-0.4, -0.2) is 37.1 Å². The topological polar surface area (TPSA) is 34.6 Å². The molecule has 0 radical (unpaired) electrons. The molecular weight excluding hydrogens is 216 g/mol. The van der Waals surface area contributed by atoms with Crippen molar-refractivity contribution < 1.29 is 9.47 Å². The number of nitrogens with zero attached hydrogens (tertiary/aromatic N) is 2. The lowest BCUT2D eigenvalue weighted by molar-refractivity contribution is -0.169. The Morgan fingerprint density at radius 2 is 1.94 bits per heavy atom. The van der Waals surface area contributed by atoms with Gasteiger partial charge in [-0.3, -0.25) is 4.98 Å². The van der Waals surface area contributed by atoms with Crippen LogP contribution in [0.5, 0.6) is 0 Å². The molecule has 1 spiro atoms. The lowest BCUT2D eigenvalue weighted by atomic mass is 10.0. The molecule has 0 amide bonds. The fourth-order valence-electron chi connectivity index (χ4n) is 2.69. The summed E-state index contributed by atoms with van der Waals surface area (Å²) >= 11 is 0. The van der Waals surface area contributed by atoms with Gasteiger partial charge in [-0.15, -0.1) is 0 Å². The van der Waals surface area contributed by atoms with Crippen molar-refractivity contribution in [3.8, 4) is 0 Å². The fourth-order valence-corrected chi connectivity index (χ4v) is 2.69. The summed E-state index contributed by atoms with van der Waals surface area (Å²) in [4.78, 5) is 6.53. The summed E-state index contributed by atoms with van der Waals surface area (Å²) < 4.78 is 11.5. The Hall–Kier alpha value is -1.13. The van der Waals surface area contributed by atoms with Crippen molar-refractivity contribution in [1.29, 1.82) is 0 Å². The summed E-state index contributed by atoms with van der Waals surface area (Å²) in [6.45, 7) is 5.58. The zero-order chi connectivity index (χ0) is 11.7. The lowest BCUT2D eigenvalue weighted by Gasteiger charge is -2.39. The van der Waals surface area contributed by atoms with Crippen molar-refractivity contribution in [3.05, 3.63) is 24.0 Å². The van der Waals surface area contributed by atoms with E-state index in [1.807, 2.05) is 12.4 Å². The molecule has 2 aliphatic heterocycles. The van der Waals surface area contributed by atoms with E-state index < -0.39 is 0 Å². The van der Waals surface area contributed by atoms with E-state index in [0.717, 1.165) is 39.1 Å². The Morgan fingerprint density at radius 3 is 2.59 bits per heavy atom. The maximum atomic E-state index is 5.73. The van der Waals surface area contributed by atoms with Crippen LogP contribution in [0.15, 0.2) is 18.5 Å². The molecule has 2 saturated heterocycles. The zero-order valence-corrected chi connectivity index (χ0v) is 10.2. The summed E-state index contributed by atoms with van der Waals surface area (Å²) in [7, 11) is 0. The Bertz CT molecular complexity index is 392. The van der Waals surface area contributed by atoms with Gasteiger partial charge >= 0.3 is 0 Å². The first kappa shape index (κ1) is 11.0. The smallest absolute Gasteiger partial charge is 0.171 e. The van der Waals surface area contributed by atoms with Crippen LogP contribution in [0.1, 0.15) is 18.4 Å². The van der Waals surface area contributed by atoms with Gasteiger partial charge in [0.25, 0.3) is 0 Å². The Labute approximate surface area is 102 Å². The van der Waals surface area contributed by atoms with Crippen LogP contribution in [0, 0.1) is 6.92 Å². The molecule has 0 atom stereocenters. The highest BCUT2D eigenvalue weighted by atomic mass is 16.7. The first-order valence-corrected chi connectivity index (χ1v) is 6.23. The highest BCUT2D eigenvalue weighted by Gasteiger charge is 2.39. The van der Waals surface area contributed by atoms with E-state index in [0.29, 0.717) is 0 Å². The SMILES string of the molecule is Cc1cnccc1N1CCC2(CC1)OCCO2. The molecule has 92 valence electrons. The number of piperidine rings is 1. The van der Waals surface area contributed by atoms with Crippen molar-refractivity contribution in [2.24, 2.45) is 0 Å². The molecule has 2 aliphatic rings. The van der Waals surface area contributed by atoms with E-state index in [4.69, 9.17) is 9.47 Å². The van der Waals surface area contributed by atoms with Gasteiger partial charge in [-0.1, -0.05) is 0 Å². The van der Waals surface area contributed by atoms with Gasteiger partial charge in [0.2, 0.25) is 0 Å². The largest absolute Gasteiger partial charge is 0.371 e. The predicted octanol–water partition coefficient (Wildman–Crippen LogP) is 1.73. The average Bonchev–Trinajstić information content (AvgIpc) is 2.80. The second-order valence-corrected chi connectivity index (χ2v) is 4.76. The van der Waals surface area contributed by atoms with Gasteiger partial charge in [-0.2, -0.15) is 0 Å². The molecule has 4 heteroatoms. The van der Waals surface area contributed by atoms with E-state index in [9.17, 15) is 0 Å². The van der Waals surface area contributed by atoms with Gasteiger partial charge in [0.15, 0.2) is 5.79 Å². The predicted molar refractivity (Wildman–Crippen MR) is 65.1 cm³/mol. The summed E-state index contributed by atoms with van der Waals surface area (Å²) in [6, 6.07) is 2.09. The number of hydrogen-bond donors (Lipinski definition) is 0. The first-order valence-electron chi connectivity index (χ1n) is 6.23. The van der Waals surface area contributed by atoms with Crippen LogP contribution < -0.4 is 4.90 Å². The molecule has 0 N–H and O–H groups in total. The molecule has 4 nitrogen and oxygen atoms in total. The Kier molecular flexibility index (Phi) is 2.76. The summed E-state index contributed by atoms with van der Waals surface area (Å²) in [5, 5.41) is 0. The minimum absolute atomic E-state index is 0.280. The average molecular weight is 234 g/mol. The molecule has 0 saturated carbocycles. The van der Waals surface area contributed by atoms with Crippen molar-refractivity contribution in [3.63, 3.8) is 0 Å². The van der Waals surface area contributed by atoms with Crippen LogP contribution in [0.3, 0.4) is 0 Å². The maximum absolute atomic E-state index is 5.73. The van der Waals surface area contributed by atoms with E-state index in [1.54, 1.807) is 0 Å². The van der Waals surface area contributed by atoms with Gasteiger partial charge in [0.05, 0.1) is 13.2 Å². The molecule has 1 aromatic heterocycles. The molecule has 0 unspecified atom stereocenters. The van der Waals surface area contributed by atoms with Crippen LogP contribution >= 0.6 is 0 Å². The minimum atomic E-state index is -0.280. The highest BCUT2D eigenvalue weighted by molar-refractivity contribution is 5.51. The van der Waals surface area contributed by atoms with Gasteiger partial charge < -0.3 is 14.4 Å². The van der Waals surface area contributed by atoms with Gasteiger partial charge in [-0.25, -0.2) is 0 Å². The zero-order valence-electron chi connectivity index (χ0n) is 10.2. The normalized spacial score (nSPS) is 23.2. The van der Waals surface area contributed by atoms with Crippen LogP contribution in [0.2, 0.25) is 0 Å². The Balaban J connectivity index is 1.71. The van der Waals surface area contributed by atoms with Crippen molar-refractivity contribution in [2.75, 3.05) is 31.2 Å².